The minimum atomic E-state index is 0.641. The Bertz CT molecular complexity index is 711. The Hall–Kier alpha value is -2.43. The molecule has 90 valence electrons. The molecule has 0 aliphatic heterocycles. The third-order valence-electron chi connectivity index (χ3n) is 3.05. The monoisotopic (exact) mass is 240 g/mol. The molecule has 0 spiro atoms. The van der Waals surface area contributed by atoms with E-state index < -0.39 is 0 Å². The summed E-state index contributed by atoms with van der Waals surface area (Å²) in [7, 11) is 1.91. The van der Waals surface area contributed by atoms with Gasteiger partial charge in [0.15, 0.2) is 5.82 Å². The number of fused-ring (bicyclic) bond motifs is 1. The normalized spacial score (nSPS) is 10.9. The predicted molar refractivity (Wildman–Crippen MR) is 67.4 cm³/mol. The van der Waals surface area contributed by atoms with Crippen molar-refractivity contribution in [2.75, 3.05) is 0 Å². The predicted octanol–water partition coefficient (Wildman–Crippen LogP) is 1.63. The Morgan fingerprint density at radius 2 is 2.22 bits per heavy atom. The topological polar surface area (TPSA) is 52.7 Å². The van der Waals surface area contributed by atoms with E-state index in [2.05, 4.69) is 14.8 Å². The maximum Gasteiger partial charge on any atom is 0.152 e. The number of aromatic nitrogens is 4. The third kappa shape index (κ3) is 1.69. The number of carbonyl (C=O) groups is 1. The average molecular weight is 240 g/mol. The number of aryl methyl sites for hydroxylation is 1. The lowest BCUT2D eigenvalue weighted by Crippen LogP contribution is -2.04. The largest absolute Gasteiger partial charge is 0.340 e. The van der Waals surface area contributed by atoms with E-state index in [0.29, 0.717) is 12.1 Å². The fourth-order valence-electron chi connectivity index (χ4n) is 2.01. The Kier molecular flexibility index (Phi) is 2.44. The standard InChI is InChI=1S/C13H12N4O/c1-16-9-14-15-13(16)7-17-5-4-11-3-2-10(8-18)6-12(11)17/h2-6,8-9H,7H2,1H3. The van der Waals surface area contributed by atoms with Crippen LogP contribution >= 0.6 is 0 Å². The van der Waals surface area contributed by atoms with Gasteiger partial charge in [0.25, 0.3) is 0 Å². The molecule has 5 heteroatoms. The van der Waals surface area contributed by atoms with Gasteiger partial charge >= 0.3 is 0 Å². The van der Waals surface area contributed by atoms with Crippen LogP contribution in [-0.2, 0) is 13.6 Å². The lowest BCUT2D eigenvalue weighted by molar-refractivity contribution is 0.112. The number of rotatable bonds is 3. The molecule has 0 aliphatic rings. The first-order valence-corrected chi connectivity index (χ1v) is 5.65. The molecule has 3 aromatic rings. The van der Waals surface area contributed by atoms with Gasteiger partial charge < -0.3 is 9.13 Å². The molecular formula is C13H12N4O. The van der Waals surface area contributed by atoms with Crippen LogP contribution in [0, 0.1) is 0 Å². The molecule has 0 fully saturated rings. The highest BCUT2D eigenvalue weighted by atomic mass is 16.1. The molecule has 0 saturated carbocycles. The SMILES string of the molecule is Cn1cnnc1Cn1ccc2ccc(C=O)cc21. The summed E-state index contributed by atoms with van der Waals surface area (Å²) < 4.78 is 3.95. The van der Waals surface area contributed by atoms with Crippen LogP contribution < -0.4 is 0 Å². The highest BCUT2D eigenvalue weighted by Gasteiger charge is 2.06. The first kappa shape index (κ1) is 10.7. The minimum Gasteiger partial charge on any atom is -0.340 e. The Morgan fingerprint density at radius 1 is 1.33 bits per heavy atom. The van der Waals surface area contributed by atoms with Crippen molar-refractivity contribution in [2.45, 2.75) is 6.54 Å². The number of carbonyl (C=O) groups excluding carboxylic acids is 1. The second kappa shape index (κ2) is 4.10. The summed E-state index contributed by atoms with van der Waals surface area (Å²) in [5.41, 5.74) is 1.71. The summed E-state index contributed by atoms with van der Waals surface area (Å²) in [5.74, 6) is 0.879. The fourth-order valence-corrected chi connectivity index (χ4v) is 2.01. The summed E-state index contributed by atoms with van der Waals surface area (Å²) in [4.78, 5) is 10.8. The van der Waals surface area contributed by atoms with Crippen LogP contribution in [0.25, 0.3) is 10.9 Å². The molecule has 0 radical (unpaired) electrons. The lowest BCUT2D eigenvalue weighted by atomic mass is 10.2. The molecule has 2 aromatic heterocycles. The van der Waals surface area contributed by atoms with Crippen molar-refractivity contribution in [3.05, 3.63) is 48.2 Å². The first-order chi connectivity index (χ1) is 8.78. The third-order valence-corrected chi connectivity index (χ3v) is 3.05. The molecule has 2 heterocycles. The minimum absolute atomic E-state index is 0.641. The molecule has 5 nitrogen and oxygen atoms in total. The van der Waals surface area contributed by atoms with Crippen molar-refractivity contribution in [2.24, 2.45) is 7.05 Å². The maximum absolute atomic E-state index is 10.8. The van der Waals surface area contributed by atoms with Crippen LogP contribution in [0.5, 0.6) is 0 Å². The van der Waals surface area contributed by atoms with Crippen LogP contribution in [0.2, 0.25) is 0 Å². The number of hydrogen-bond donors (Lipinski definition) is 0. The van der Waals surface area contributed by atoms with Gasteiger partial charge in [-0.2, -0.15) is 0 Å². The molecule has 3 rings (SSSR count). The zero-order valence-corrected chi connectivity index (χ0v) is 9.95. The van der Waals surface area contributed by atoms with Crippen molar-refractivity contribution in [1.82, 2.24) is 19.3 Å². The Morgan fingerprint density at radius 3 is 2.94 bits per heavy atom. The van der Waals surface area contributed by atoms with E-state index >= 15 is 0 Å². The quantitative estimate of drug-likeness (QED) is 0.654. The molecule has 0 amide bonds. The molecule has 18 heavy (non-hydrogen) atoms. The van der Waals surface area contributed by atoms with E-state index in [9.17, 15) is 4.79 Å². The van der Waals surface area contributed by atoms with E-state index in [4.69, 9.17) is 0 Å². The van der Waals surface area contributed by atoms with E-state index in [1.54, 1.807) is 6.33 Å². The molecular weight excluding hydrogens is 228 g/mol. The molecule has 0 aliphatic carbocycles. The summed E-state index contributed by atoms with van der Waals surface area (Å²) in [6.45, 7) is 0.641. The van der Waals surface area contributed by atoms with Crippen molar-refractivity contribution in [3.63, 3.8) is 0 Å². The van der Waals surface area contributed by atoms with Crippen molar-refractivity contribution in [3.8, 4) is 0 Å². The van der Waals surface area contributed by atoms with Crippen molar-refractivity contribution < 1.29 is 4.79 Å². The van der Waals surface area contributed by atoms with E-state index in [1.165, 1.54) is 0 Å². The smallest absolute Gasteiger partial charge is 0.152 e. The molecule has 0 saturated heterocycles. The van der Waals surface area contributed by atoms with Gasteiger partial charge in [0, 0.05) is 24.3 Å². The second-order valence-electron chi connectivity index (χ2n) is 4.24. The maximum atomic E-state index is 10.8. The van der Waals surface area contributed by atoms with Gasteiger partial charge in [-0.05, 0) is 17.5 Å². The Balaban J connectivity index is 2.06. The van der Waals surface area contributed by atoms with Crippen LogP contribution in [0.4, 0.5) is 0 Å². The van der Waals surface area contributed by atoms with E-state index in [-0.39, 0.29) is 0 Å². The number of nitrogens with zero attached hydrogens (tertiary/aromatic N) is 4. The van der Waals surface area contributed by atoms with Crippen LogP contribution in [0.3, 0.4) is 0 Å². The Labute approximate surface area is 104 Å². The van der Waals surface area contributed by atoms with Gasteiger partial charge in [0.2, 0.25) is 0 Å². The molecule has 0 bridgehead atoms. The van der Waals surface area contributed by atoms with Gasteiger partial charge in [-0.25, -0.2) is 0 Å². The highest BCUT2D eigenvalue weighted by molar-refractivity contribution is 5.87. The fraction of sp³-hybridized carbons (Fsp3) is 0.154. The van der Waals surface area contributed by atoms with Gasteiger partial charge in [0.1, 0.15) is 12.6 Å². The van der Waals surface area contributed by atoms with Crippen molar-refractivity contribution >= 4 is 17.2 Å². The molecule has 0 unspecified atom stereocenters. The zero-order valence-electron chi connectivity index (χ0n) is 9.95. The molecule has 0 N–H and O–H groups in total. The van der Waals surface area contributed by atoms with Gasteiger partial charge in [-0.3, -0.25) is 4.79 Å². The van der Waals surface area contributed by atoms with Crippen LogP contribution in [0.15, 0.2) is 36.8 Å². The number of aldehydes is 1. The summed E-state index contributed by atoms with van der Waals surface area (Å²) in [6, 6.07) is 7.69. The highest BCUT2D eigenvalue weighted by Crippen LogP contribution is 2.17. The number of hydrogen-bond acceptors (Lipinski definition) is 3. The second-order valence-corrected chi connectivity index (χ2v) is 4.24. The van der Waals surface area contributed by atoms with Gasteiger partial charge in [0.05, 0.1) is 6.54 Å². The average Bonchev–Trinajstić information content (AvgIpc) is 2.97. The van der Waals surface area contributed by atoms with E-state index in [1.807, 2.05) is 42.1 Å². The lowest BCUT2D eigenvalue weighted by Gasteiger charge is -2.05. The van der Waals surface area contributed by atoms with Gasteiger partial charge in [-0.1, -0.05) is 12.1 Å². The number of benzene rings is 1. The summed E-state index contributed by atoms with van der Waals surface area (Å²) >= 11 is 0. The van der Waals surface area contributed by atoms with E-state index in [0.717, 1.165) is 23.0 Å². The van der Waals surface area contributed by atoms with Gasteiger partial charge in [-0.15, -0.1) is 10.2 Å². The van der Waals surface area contributed by atoms with Crippen LogP contribution in [0.1, 0.15) is 16.2 Å². The first-order valence-electron chi connectivity index (χ1n) is 5.65. The van der Waals surface area contributed by atoms with Crippen LogP contribution in [-0.4, -0.2) is 25.6 Å². The summed E-state index contributed by atoms with van der Waals surface area (Å²) in [5, 5.41) is 9.04. The zero-order chi connectivity index (χ0) is 12.5. The van der Waals surface area contributed by atoms with Crippen molar-refractivity contribution in [1.29, 1.82) is 0 Å². The molecule has 1 aromatic carbocycles. The summed E-state index contributed by atoms with van der Waals surface area (Å²) in [6.07, 6.45) is 4.53. The molecule has 0 atom stereocenters.